The van der Waals surface area contributed by atoms with Gasteiger partial charge >= 0.3 is 59.1 Å². The molecule has 2 N–H and O–H groups in total. The average molecular weight is 135 g/mol. The molecule has 0 radical (unpaired) electrons. The van der Waals surface area contributed by atoms with Gasteiger partial charge in [-0.2, -0.15) is 0 Å². The van der Waals surface area contributed by atoms with Gasteiger partial charge in [-0.1, -0.05) is 0 Å². The zero-order chi connectivity index (χ0) is 4.99. The molecule has 0 atom stereocenters. The van der Waals surface area contributed by atoms with Gasteiger partial charge in [0.05, 0.1) is 0 Å². The Kier molecular flexibility index (Phi) is 24.0. The summed E-state index contributed by atoms with van der Waals surface area (Å²) < 4.78 is 0. The van der Waals surface area contributed by atoms with Crippen LogP contribution in [0.2, 0.25) is 0 Å². The Morgan fingerprint density at radius 3 is 1.38 bits per heavy atom. The number of hydrogen-bond donors (Lipinski definition) is 1. The molecule has 8 heavy (non-hydrogen) atoms. The Bertz CT molecular complexity index is 34.5. The first kappa shape index (κ1) is 16.5. The smallest absolute Gasteiger partial charge is 0.853 e. The van der Waals surface area contributed by atoms with Gasteiger partial charge in [-0.25, -0.2) is 0 Å². The summed E-state index contributed by atoms with van der Waals surface area (Å²) in [5, 5.41) is 19.1. The molecule has 5 heteroatoms. The molecule has 38 valence electrons. The summed E-state index contributed by atoms with van der Waals surface area (Å²) in [6.45, 7) is -0.910. The summed E-state index contributed by atoms with van der Waals surface area (Å²) in [5.41, 5.74) is 4.85. The molecule has 0 unspecified atom stereocenters. The van der Waals surface area contributed by atoms with E-state index in [-0.39, 0.29) is 59.1 Å². The molecule has 3 nitrogen and oxygen atoms in total. The number of hydrogen-bond acceptors (Lipinski definition) is 3. The van der Waals surface area contributed by atoms with E-state index in [0.29, 0.717) is 0 Å². The average Bonchev–Trinajstić information content (AvgIpc) is 1.65. The molecule has 0 bridgehead atoms. The molecule has 0 saturated carbocycles. The zero-order valence-corrected chi connectivity index (χ0v) is 9.39. The van der Waals surface area contributed by atoms with Gasteiger partial charge in [-0.15, -0.1) is 13.2 Å². The second-order valence-electron chi connectivity index (χ2n) is 1.09. The van der Waals surface area contributed by atoms with E-state index in [4.69, 9.17) is 5.73 Å². The van der Waals surface area contributed by atoms with Crippen molar-refractivity contribution in [1.82, 2.24) is 0 Å². The summed E-state index contributed by atoms with van der Waals surface area (Å²) in [5.74, 6) is 0. The Balaban J connectivity index is -0.000000125. The van der Waals surface area contributed by atoms with E-state index in [1.807, 2.05) is 0 Å². The van der Waals surface area contributed by atoms with Gasteiger partial charge in [0.1, 0.15) is 0 Å². The third kappa shape index (κ3) is 10.8. The van der Waals surface area contributed by atoms with Crippen molar-refractivity contribution in [3.8, 4) is 0 Å². The molecular weight excluding hydrogens is 128 g/mol. The van der Waals surface area contributed by atoms with Gasteiger partial charge in [0.2, 0.25) is 0 Å². The van der Waals surface area contributed by atoms with E-state index in [0.717, 1.165) is 0 Å². The van der Waals surface area contributed by atoms with Gasteiger partial charge < -0.3 is 15.9 Å². The fourth-order valence-corrected chi connectivity index (χ4v) is 0.0481. The molecule has 0 aromatic heterocycles. The van der Waals surface area contributed by atoms with Crippen molar-refractivity contribution in [3.05, 3.63) is 0 Å². The number of nitrogens with two attached hydrogens (primary N) is 1. The maximum absolute atomic E-state index is 9.54. The van der Waals surface area contributed by atoms with Crippen LogP contribution >= 0.6 is 0 Å². The van der Waals surface area contributed by atoms with Crippen molar-refractivity contribution in [2.24, 2.45) is 5.73 Å². The van der Waals surface area contributed by atoms with E-state index >= 15 is 0 Å². The van der Waals surface area contributed by atoms with Crippen molar-refractivity contribution in [3.63, 3.8) is 0 Å². The largest absolute Gasteiger partial charge is 1.00 e. The molecule has 0 aliphatic rings. The second kappa shape index (κ2) is 11.6. The van der Waals surface area contributed by atoms with Crippen LogP contribution in [0.3, 0.4) is 0 Å². The molecule has 0 amide bonds. The standard InChI is InChI=1S/C3H7NO2.2Na/c4-3(1-5)2-6;;/h3H,1-2,4H2;;/q-2;2*+1. The first-order valence-electron chi connectivity index (χ1n) is 1.73. The molecular formula is C3H7NNa2O2. The van der Waals surface area contributed by atoms with E-state index in [1.165, 1.54) is 0 Å². The third-order valence-corrected chi connectivity index (χ3v) is 0.428. The minimum Gasteiger partial charge on any atom is -0.853 e. The second-order valence-corrected chi connectivity index (χ2v) is 1.09. The van der Waals surface area contributed by atoms with Crippen LogP contribution in [0.4, 0.5) is 0 Å². The summed E-state index contributed by atoms with van der Waals surface area (Å²) in [6.07, 6.45) is 0. The summed E-state index contributed by atoms with van der Waals surface area (Å²) >= 11 is 0. The minimum absolute atomic E-state index is 0. The first-order chi connectivity index (χ1) is 2.81. The molecule has 0 saturated heterocycles. The fourth-order valence-electron chi connectivity index (χ4n) is 0.0481. The van der Waals surface area contributed by atoms with E-state index in [1.54, 1.807) is 0 Å². The molecule has 0 fully saturated rings. The Hall–Kier alpha value is 1.88. The van der Waals surface area contributed by atoms with Crippen molar-refractivity contribution < 1.29 is 69.3 Å². The van der Waals surface area contributed by atoms with Crippen LogP contribution < -0.4 is 75.1 Å². The van der Waals surface area contributed by atoms with Crippen LogP contribution in [0, 0.1) is 0 Å². The maximum Gasteiger partial charge on any atom is 1.00 e. The Labute approximate surface area is 93.2 Å². The molecule has 0 aromatic carbocycles. The monoisotopic (exact) mass is 135 g/mol. The van der Waals surface area contributed by atoms with Gasteiger partial charge in [0.25, 0.3) is 0 Å². The molecule has 0 spiro atoms. The van der Waals surface area contributed by atoms with Crippen molar-refractivity contribution in [2.75, 3.05) is 13.2 Å². The van der Waals surface area contributed by atoms with Crippen molar-refractivity contribution in [1.29, 1.82) is 0 Å². The molecule has 0 aromatic rings. The van der Waals surface area contributed by atoms with Gasteiger partial charge in [0.15, 0.2) is 0 Å². The molecule has 0 rings (SSSR count). The van der Waals surface area contributed by atoms with E-state index < -0.39 is 19.3 Å². The summed E-state index contributed by atoms with van der Waals surface area (Å²) in [4.78, 5) is 0. The Morgan fingerprint density at radius 2 is 1.38 bits per heavy atom. The Morgan fingerprint density at radius 1 is 1.12 bits per heavy atom. The van der Waals surface area contributed by atoms with Crippen molar-refractivity contribution >= 4 is 0 Å². The van der Waals surface area contributed by atoms with Gasteiger partial charge in [-0.05, 0) is 6.04 Å². The third-order valence-electron chi connectivity index (χ3n) is 0.428. The van der Waals surface area contributed by atoms with Crippen LogP contribution in [-0.2, 0) is 0 Å². The number of rotatable bonds is 2. The SMILES string of the molecule is NC(C[O-])C[O-].[Na+].[Na+]. The fraction of sp³-hybridized carbons (Fsp3) is 1.00. The first-order valence-corrected chi connectivity index (χ1v) is 1.73. The summed E-state index contributed by atoms with van der Waals surface area (Å²) in [6, 6.07) is -0.676. The molecule has 0 heterocycles. The van der Waals surface area contributed by atoms with Crippen molar-refractivity contribution in [2.45, 2.75) is 6.04 Å². The van der Waals surface area contributed by atoms with Gasteiger partial charge in [-0.3, -0.25) is 0 Å². The van der Waals surface area contributed by atoms with Crippen LogP contribution in [0.1, 0.15) is 0 Å². The predicted octanol–water partition coefficient (Wildman–Crippen LogP) is -8.96. The minimum atomic E-state index is -0.676. The maximum atomic E-state index is 9.54. The van der Waals surface area contributed by atoms with Crippen LogP contribution in [0.5, 0.6) is 0 Å². The molecule has 0 aliphatic carbocycles. The van der Waals surface area contributed by atoms with Crippen LogP contribution in [0.25, 0.3) is 0 Å². The predicted molar refractivity (Wildman–Crippen MR) is 17.7 cm³/mol. The normalized spacial score (nSPS) is 7.50. The van der Waals surface area contributed by atoms with E-state index in [9.17, 15) is 10.2 Å². The van der Waals surface area contributed by atoms with E-state index in [2.05, 4.69) is 0 Å². The zero-order valence-electron chi connectivity index (χ0n) is 5.39. The van der Waals surface area contributed by atoms with Crippen LogP contribution in [0.15, 0.2) is 0 Å². The quantitative estimate of drug-likeness (QED) is 0.382. The van der Waals surface area contributed by atoms with Gasteiger partial charge in [0, 0.05) is 0 Å². The summed E-state index contributed by atoms with van der Waals surface area (Å²) in [7, 11) is 0. The topological polar surface area (TPSA) is 72.1 Å². The molecule has 0 aliphatic heterocycles. The van der Waals surface area contributed by atoms with Crippen LogP contribution in [-0.4, -0.2) is 19.3 Å².